The minimum atomic E-state index is -1.50. The molecule has 8 heteroatoms. The first-order valence-corrected chi connectivity index (χ1v) is 21.2. The fourth-order valence-corrected chi connectivity index (χ4v) is 9.24. The van der Waals surface area contributed by atoms with Gasteiger partial charge in [0.05, 0.1) is 24.9 Å². The van der Waals surface area contributed by atoms with Crippen LogP contribution in [-0.2, 0) is 20.1 Å². The Labute approximate surface area is 320 Å². The number of thiophene rings is 1. The Balaban J connectivity index is 0.000000193. The van der Waals surface area contributed by atoms with Gasteiger partial charge in [0.15, 0.2) is 0 Å². The molecule has 5 nitrogen and oxygen atoms in total. The summed E-state index contributed by atoms with van der Waals surface area (Å²) in [5, 5.41) is 3.65. The van der Waals surface area contributed by atoms with Crippen molar-refractivity contribution in [3.05, 3.63) is 132 Å². The number of pyridine rings is 3. The zero-order chi connectivity index (χ0) is 36.1. The molecule has 3 aromatic carbocycles. The number of benzene rings is 3. The van der Waals surface area contributed by atoms with E-state index in [0.29, 0.717) is 0 Å². The second-order valence-electron chi connectivity index (χ2n) is 14.0. The standard InChI is InChI=1S/C26H19N4S.C17H22NSi.Ir/c1-15-11-12-20-19-7-6-8-21(24(19)31-26(20)28-15)25-29-22-9-4-5-10-23(22)30(25)18-13-16(2)27-17(3)14-18;1-13(2)15-11-16(14-9-7-6-8-10-14)18-12-17(15)19(3,4)5;/h4-7,9-14H,1-3H3;6-9,11-13H,1-5H3;/q2*-1;/i;13D;. The van der Waals surface area contributed by atoms with Gasteiger partial charge in [-0.15, -0.1) is 54.1 Å². The van der Waals surface area contributed by atoms with Gasteiger partial charge in [0, 0.05) is 50.4 Å². The number of fused-ring (bicyclic) bond motifs is 4. The van der Waals surface area contributed by atoms with Gasteiger partial charge in [-0.2, -0.15) is 11.3 Å². The number of aryl methyl sites for hydroxylation is 3. The van der Waals surface area contributed by atoms with Crippen LogP contribution in [-0.4, -0.2) is 32.6 Å². The average Bonchev–Trinajstić information content (AvgIpc) is 3.66. The van der Waals surface area contributed by atoms with Gasteiger partial charge in [0.2, 0.25) is 0 Å². The van der Waals surface area contributed by atoms with Crippen LogP contribution in [0.1, 0.15) is 43.8 Å². The van der Waals surface area contributed by atoms with Crippen LogP contribution >= 0.6 is 11.3 Å². The molecule has 0 amide bonds. The summed E-state index contributed by atoms with van der Waals surface area (Å²) in [4.78, 5) is 20.0. The molecule has 0 aliphatic rings. The summed E-state index contributed by atoms with van der Waals surface area (Å²) in [6.45, 7) is 16.9. The maximum Gasteiger partial charge on any atom is 0.113 e. The fraction of sp³-hybridized carbons (Fsp3) is 0.209. The third-order valence-corrected chi connectivity index (χ3v) is 11.9. The van der Waals surface area contributed by atoms with E-state index >= 15 is 0 Å². The fourth-order valence-electron chi connectivity index (χ4n) is 6.44. The quantitative estimate of drug-likeness (QED) is 0.128. The van der Waals surface area contributed by atoms with E-state index in [2.05, 4.69) is 101 Å². The maximum atomic E-state index is 8.44. The first-order valence-electron chi connectivity index (χ1n) is 17.4. The molecule has 0 aliphatic heterocycles. The zero-order valence-corrected chi connectivity index (χ0v) is 34.4. The largest absolute Gasteiger partial charge is 0.333 e. The third-order valence-electron chi connectivity index (χ3n) is 8.78. The SMILES string of the molecule is Cc1cc(-n2c(-c3[c-]ccc4c3sc3nc(C)ccc34)nc3ccccc32)cc(C)n1.[2H]C(C)(C)c1cc(-c2[c-]cccc2)ncc1[Si](C)(C)C.[Ir]. The van der Waals surface area contributed by atoms with Crippen molar-refractivity contribution in [1.82, 2.24) is 24.5 Å². The normalized spacial score (nSPS) is 12.0. The molecule has 0 atom stereocenters. The van der Waals surface area contributed by atoms with Gasteiger partial charge in [0.25, 0.3) is 0 Å². The summed E-state index contributed by atoms with van der Waals surface area (Å²) in [5.41, 5.74) is 10.1. The molecule has 0 N–H and O–H groups in total. The van der Waals surface area contributed by atoms with Crippen LogP contribution in [0.25, 0.3) is 59.7 Å². The molecule has 0 bridgehead atoms. The number of nitrogens with zero attached hydrogens (tertiary/aromatic N) is 5. The molecule has 0 saturated carbocycles. The van der Waals surface area contributed by atoms with Crippen LogP contribution in [0.5, 0.6) is 0 Å². The predicted octanol–water partition coefficient (Wildman–Crippen LogP) is 10.8. The summed E-state index contributed by atoms with van der Waals surface area (Å²) < 4.78 is 11.8. The van der Waals surface area contributed by atoms with Crippen molar-refractivity contribution < 1.29 is 21.5 Å². The number of hydrogen-bond donors (Lipinski definition) is 0. The van der Waals surface area contributed by atoms with Gasteiger partial charge in [-0.25, -0.2) is 4.98 Å². The molecular weight excluding hydrogens is 839 g/mol. The van der Waals surface area contributed by atoms with E-state index in [1.54, 1.807) is 11.3 Å². The molecule has 1 radical (unpaired) electrons. The number of para-hydroxylation sites is 2. The van der Waals surface area contributed by atoms with Crippen molar-refractivity contribution in [3.8, 4) is 28.3 Å². The second-order valence-corrected chi connectivity index (χ2v) is 20.0. The molecule has 8 aromatic rings. The Bertz CT molecular complexity index is 2530. The molecule has 0 fully saturated rings. The van der Waals surface area contributed by atoms with E-state index in [-0.39, 0.29) is 20.1 Å². The van der Waals surface area contributed by atoms with Gasteiger partial charge in [-0.1, -0.05) is 74.3 Å². The summed E-state index contributed by atoms with van der Waals surface area (Å²) in [5.74, 6) is 0.280. The van der Waals surface area contributed by atoms with Crippen molar-refractivity contribution in [2.24, 2.45) is 0 Å². The van der Waals surface area contributed by atoms with E-state index in [9.17, 15) is 0 Å². The summed E-state index contributed by atoms with van der Waals surface area (Å²) in [7, 11) is -1.50. The van der Waals surface area contributed by atoms with E-state index in [1.165, 1.54) is 16.0 Å². The van der Waals surface area contributed by atoms with Crippen molar-refractivity contribution >= 4 is 55.9 Å². The van der Waals surface area contributed by atoms with Gasteiger partial charge in [-0.3, -0.25) is 9.97 Å². The monoisotopic (exact) mass is 881 g/mol. The predicted molar refractivity (Wildman–Crippen MR) is 214 cm³/mol. The van der Waals surface area contributed by atoms with E-state index in [4.69, 9.17) is 11.3 Å². The van der Waals surface area contributed by atoms with Crippen LogP contribution in [0.4, 0.5) is 0 Å². The second kappa shape index (κ2) is 14.7. The van der Waals surface area contributed by atoms with Crippen molar-refractivity contribution in [3.63, 3.8) is 0 Å². The van der Waals surface area contributed by atoms with Crippen LogP contribution < -0.4 is 5.19 Å². The molecule has 0 aliphatic carbocycles. The number of rotatable bonds is 5. The smallest absolute Gasteiger partial charge is 0.113 e. The van der Waals surface area contributed by atoms with Gasteiger partial charge < -0.3 is 9.55 Å². The van der Waals surface area contributed by atoms with Gasteiger partial charge >= 0.3 is 0 Å². The Morgan fingerprint density at radius 2 is 1.53 bits per heavy atom. The molecule has 5 heterocycles. The third kappa shape index (κ3) is 7.37. The molecule has 0 saturated heterocycles. The molecule has 0 spiro atoms. The van der Waals surface area contributed by atoms with E-state index in [1.807, 2.05) is 77.2 Å². The Hall–Kier alpha value is -4.33. The van der Waals surface area contributed by atoms with Crippen LogP contribution in [0.3, 0.4) is 0 Å². The maximum absolute atomic E-state index is 8.44. The topological polar surface area (TPSA) is 56.5 Å². The number of imidazole rings is 1. The van der Waals surface area contributed by atoms with E-state index in [0.717, 1.165) is 71.5 Å². The van der Waals surface area contributed by atoms with E-state index < -0.39 is 14.0 Å². The van der Waals surface area contributed by atoms with Crippen molar-refractivity contribution in [2.45, 2.75) is 60.2 Å². The first-order chi connectivity index (χ1) is 24.3. The molecule has 51 heavy (non-hydrogen) atoms. The minimum Gasteiger partial charge on any atom is -0.333 e. The number of aromatic nitrogens is 5. The van der Waals surface area contributed by atoms with Crippen molar-refractivity contribution in [2.75, 3.05) is 0 Å². The van der Waals surface area contributed by atoms with Gasteiger partial charge in [0.1, 0.15) is 4.83 Å². The number of hydrogen-bond acceptors (Lipinski definition) is 5. The average molecular weight is 881 g/mol. The van der Waals surface area contributed by atoms with Crippen LogP contribution in [0, 0.1) is 32.9 Å². The van der Waals surface area contributed by atoms with Gasteiger partial charge in [-0.05, 0) is 78.0 Å². The molecule has 0 unspecified atom stereocenters. The Morgan fingerprint density at radius 1 is 0.784 bits per heavy atom. The van der Waals surface area contributed by atoms with Crippen LogP contribution in [0.15, 0.2) is 97.2 Å². The Kier molecular flexibility index (Phi) is 10.1. The molecule has 8 rings (SSSR count). The van der Waals surface area contributed by atoms with Crippen LogP contribution in [0.2, 0.25) is 19.6 Å². The summed E-state index contributed by atoms with van der Waals surface area (Å²) >= 11 is 1.71. The zero-order valence-electron chi connectivity index (χ0n) is 31.2. The first kappa shape index (κ1) is 35.1. The molecule has 5 aromatic heterocycles. The Morgan fingerprint density at radius 3 is 2.24 bits per heavy atom. The minimum absolute atomic E-state index is 0. The molecular formula is C43H41IrN5SSi-2. The molecule has 259 valence electrons. The summed E-state index contributed by atoms with van der Waals surface area (Å²) in [6, 6.07) is 37.5. The summed E-state index contributed by atoms with van der Waals surface area (Å²) in [6.07, 6.45) is 1.98. The van der Waals surface area contributed by atoms with Crippen molar-refractivity contribution in [1.29, 1.82) is 0 Å².